The Morgan fingerprint density at radius 2 is 1.14 bits per heavy atom. The van der Waals surface area contributed by atoms with Crippen LogP contribution in [0.4, 0.5) is 0 Å². The predicted molar refractivity (Wildman–Crippen MR) is 95.5 cm³/mol. The zero-order chi connectivity index (χ0) is 16.1. The fourth-order valence-electron chi connectivity index (χ4n) is 2.65. The summed E-state index contributed by atoms with van der Waals surface area (Å²) >= 11 is 0. The Morgan fingerprint density at radius 1 is 0.727 bits per heavy atom. The quantitative estimate of drug-likeness (QED) is 0.652. The molecule has 22 heavy (non-hydrogen) atoms. The van der Waals surface area contributed by atoms with Gasteiger partial charge in [0.2, 0.25) is 0 Å². The summed E-state index contributed by atoms with van der Waals surface area (Å²) in [4.78, 5) is 2.38. The predicted octanol–water partition coefficient (Wildman–Crippen LogP) is 1.42. The monoisotopic (exact) mass is 328 g/mol. The first-order valence-electron chi connectivity index (χ1n) is 8.72. The molecule has 0 N–H and O–H groups in total. The fraction of sp³-hybridized carbons (Fsp3) is 0.684. The molecule has 0 heterocycles. The Balaban J connectivity index is 0. The number of nitrogens with zero attached hydrogens (tertiary/aromatic N) is 2. The highest BCUT2D eigenvalue weighted by Crippen LogP contribution is 2.13. The van der Waals surface area contributed by atoms with Gasteiger partial charge in [-0.2, -0.15) is 0 Å². The first-order chi connectivity index (χ1) is 10.1. The summed E-state index contributed by atoms with van der Waals surface area (Å²) in [6.45, 7) is 21.8. The van der Waals surface area contributed by atoms with Crippen molar-refractivity contribution in [2.75, 3.05) is 39.3 Å². The van der Waals surface area contributed by atoms with Crippen LogP contribution in [-0.4, -0.2) is 48.7 Å². The third kappa shape index (κ3) is 8.77. The van der Waals surface area contributed by atoms with Gasteiger partial charge in [-0.05, 0) is 40.4 Å². The van der Waals surface area contributed by atoms with E-state index in [9.17, 15) is 0 Å². The molecule has 0 bridgehead atoms. The minimum Gasteiger partial charge on any atom is -1.00 e. The highest BCUT2D eigenvalue weighted by Gasteiger charge is 2.20. The maximum atomic E-state index is 2.38. The second-order valence-corrected chi connectivity index (χ2v) is 5.55. The molecule has 0 aliphatic rings. The summed E-state index contributed by atoms with van der Waals surface area (Å²) in [5.74, 6) is 0. The van der Waals surface area contributed by atoms with Gasteiger partial charge in [-0.3, -0.25) is 0 Å². The second-order valence-electron chi connectivity index (χ2n) is 5.55. The summed E-state index contributed by atoms with van der Waals surface area (Å²) in [5.41, 5.74) is 1.46. The van der Waals surface area contributed by atoms with Crippen molar-refractivity contribution in [3.8, 4) is 0 Å². The van der Waals surface area contributed by atoms with Gasteiger partial charge in [-0.25, -0.2) is 0 Å². The van der Waals surface area contributed by atoms with Crippen LogP contribution in [0.15, 0.2) is 30.3 Å². The smallest absolute Gasteiger partial charge is 0.104 e. The Kier molecular flexibility index (Phi) is 15.1. The topological polar surface area (TPSA) is 3.24 Å². The minimum atomic E-state index is 0. The molecule has 0 saturated carbocycles. The molecule has 130 valence electrons. The number of hydrogen-bond acceptors (Lipinski definition) is 1. The Morgan fingerprint density at radius 3 is 1.41 bits per heavy atom. The molecule has 0 aromatic heterocycles. The van der Waals surface area contributed by atoms with Gasteiger partial charge in [0.1, 0.15) is 6.54 Å². The average molecular weight is 329 g/mol. The lowest BCUT2D eigenvalue weighted by atomic mass is 10.2. The van der Waals surface area contributed by atoms with Gasteiger partial charge in [-0.1, -0.05) is 51.1 Å². The normalized spacial score (nSPS) is 10.7. The van der Waals surface area contributed by atoms with E-state index in [2.05, 4.69) is 76.8 Å². The van der Waals surface area contributed by atoms with Gasteiger partial charge >= 0.3 is 0 Å². The Hall–Kier alpha value is -0.570. The summed E-state index contributed by atoms with van der Waals surface area (Å²) in [6.07, 6.45) is 0. The molecule has 0 spiro atoms. The summed E-state index contributed by atoms with van der Waals surface area (Å²) < 4.78 is 1.20. The first-order valence-corrected chi connectivity index (χ1v) is 8.72. The third-order valence-corrected chi connectivity index (χ3v) is 4.71. The van der Waals surface area contributed by atoms with Crippen molar-refractivity contribution >= 4 is 0 Å². The molecule has 1 aromatic rings. The van der Waals surface area contributed by atoms with E-state index in [0.717, 1.165) is 0 Å². The molecule has 0 fully saturated rings. The van der Waals surface area contributed by atoms with Gasteiger partial charge in [-0.15, -0.1) is 0 Å². The molecular weight excluding hydrogens is 292 g/mol. The maximum Gasteiger partial charge on any atom is 0.104 e. The zero-order valence-corrected chi connectivity index (χ0v) is 16.4. The van der Waals surface area contributed by atoms with Crippen LogP contribution in [-0.2, 0) is 6.54 Å². The minimum absolute atomic E-state index is 0. The summed E-state index contributed by atoms with van der Waals surface area (Å²) in [7, 11) is 0. The lowest BCUT2D eigenvalue weighted by Gasteiger charge is -2.35. The molecule has 0 atom stereocenters. The van der Waals surface area contributed by atoms with E-state index < -0.39 is 0 Å². The van der Waals surface area contributed by atoms with E-state index in [1.165, 1.54) is 55.9 Å². The van der Waals surface area contributed by atoms with Crippen LogP contribution < -0.4 is 12.4 Å². The SMILES string of the molecule is CCN(CC)CC.CC[N+](CC)(CC)Cc1ccccc1.[Cl-]. The van der Waals surface area contributed by atoms with Gasteiger partial charge in [0.25, 0.3) is 0 Å². The van der Waals surface area contributed by atoms with E-state index in [-0.39, 0.29) is 12.4 Å². The third-order valence-electron chi connectivity index (χ3n) is 4.71. The summed E-state index contributed by atoms with van der Waals surface area (Å²) in [6, 6.07) is 10.8. The van der Waals surface area contributed by atoms with Gasteiger partial charge in [0, 0.05) is 5.56 Å². The van der Waals surface area contributed by atoms with Crippen molar-refractivity contribution in [1.29, 1.82) is 0 Å². The van der Waals surface area contributed by atoms with Crippen molar-refractivity contribution in [3.63, 3.8) is 0 Å². The highest BCUT2D eigenvalue weighted by molar-refractivity contribution is 5.13. The van der Waals surface area contributed by atoms with Crippen LogP contribution in [0, 0.1) is 0 Å². The fourth-order valence-corrected chi connectivity index (χ4v) is 2.65. The molecule has 0 radical (unpaired) electrons. The molecule has 1 rings (SSSR count). The lowest BCUT2D eigenvalue weighted by Crippen LogP contribution is -3.00. The van der Waals surface area contributed by atoms with Gasteiger partial charge in [0.05, 0.1) is 19.6 Å². The van der Waals surface area contributed by atoms with E-state index in [1.54, 1.807) is 0 Å². The number of hydrogen-bond donors (Lipinski definition) is 0. The van der Waals surface area contributed by atoms with E-state index in [4.69, 9.17) is 0 Å². The molecule has 0 amide bonds. The average Bonchev–Trinajstić information content (AvgIpc) is 2.56. The van der Waals surface area contributed by atoms with Crippen molar-refractivity contribution in [2.45, 2.75) is 48.1 Å². The standard InChI is InChI=1S/C13H22N.C6H15N.ClH/c1-4-14(5-2,6-3)12-13-10-8-7-9-11-13;1-4-7(5-2)6-3;/h7-11H,4-6,12H2,1-3H3;4-6H2,1-3H3;1H/q+1;;/p-1. The molecular formula is C19H37ClN2. The molecule has 0 aliphatic heterocycles. The molecule has 3 heteroatoms. The molecule has 0 aliphatic carbocycles. The van der Waals surface area contributed by atoms with E-state index in [1.807, 2.05) is 0 Å². The second kappa shape index (κ2) is 14.0. The summed E-state index contributed by atoms with van der Waals surface area (Å²) in [5, 5.41) is 0. The number of benzene rings is 1. The van der Waals surface area contributed by atoms with Crippen LogP contribution in [0.2, 0.25) is 0 Å². The maximum absolute atomic E-state index is 2.38. The van der Waals surface area contributed by atoms with Crippen molar-refractivity contribution in [2.24, 2.45) is 0 Å². The molecule has 2 nitrogen and oxygen atoms in total. The number of halogens is 1. The van der Waals surface area contributed by atoms with Gasteiger partial charge in [0.15, 0.2) is 0 Å². The zero-order valence-electron chi connectivity index (χ0n) is 15.6. The first kappa shape index (κ1) is 23.7. The van der Waals surface area contributed by atoms with Crippen LogP contribution >= 0.6 is 0 Å². The lowest BCUT2D eigenvalue weighted by molar-refractivity contribution is -0.936. The van der Waals surface area contributed by atoms with Crippen molar-refractivity contribution < 1.29 is 16.9 Å². The Bertz CT molecular complexity index is 319. The van der Waals surface area contributed by atoms with E-state index in [0.29, 0.717) is 0 Å². The van der Waals surface area contributed by atoms with E-state index >= 15 is 0 Å². The molecule has 0 saturated heterocycles. The molecule has 0 unspecified atom stereocenters. The van der Waals surface area contributed by atoms with Crippen molar-refractivity contribution in [3.05, 3.63) is 35.9 Å². The number of quaternary nitrogens is 1. The largest absolute Gasteiger partial charge is 1.00 e. The highest BCUT2D eigenvalue weighted by atomic mass is 35.5. The van der Waals surface area contributed by atoms with Crippen LogP contribution in [0.5, 0.6) is 0 Å². The Labute approximate surface area is 145 Å². The number of rotatable bonds is 8. The molecule has 1 aromatic carbocycles. The van der Waals surface area contributed by atoms with Crippen LogP contribution in [0.3, 0.4) is 0 Å². The van der Waals surface area contributed by atoms with Crippen LogP contribution in [0.25, 0.3) is 0 Å². The van der Waals surface area contributed by atoms with Gasteiger partial charge < -0.3 is 21.8 Å². The van der Waals surface area contributed by atoms with Crippen molar-refractivity contribution in [1.82, 2.24) is 4.90 Å². The van der Waals surface area contributed by atoms with Crippen LogP contribution in [0.1, 0.15) is 47.1 Å².